The van der Waals surface area contributed by atoms with Gasteiger partial charge in [0.05, 0.1) is 24.3 Å². The lowest BCUT2D eigenvalue weighted by Gasteiger charge is -2.19. The standard InChI is InChI=1S/C34H42F5NO3/c1-6-7-8-11-25-12-15-28(29(20-25)34(37,38)39)31-21-26-13-14-27(22-30(26)40(31)24(4)5)42-18-9-16-33(35,36)17-10-19-43-32(41)23(2)3/h12-15,20-22,24H,2,6-11,16-19H2,1,3-5H3. The van der Waals surface area contributed by atoms with Crippen LogP contribution >= 0.6 is 0 Å². The van der Waals surface area contributed by atoms with Crippen LogP contribution in [0.15, 0.2) is 54.6 Å². The number of aryl methyl sites for hydroxylation is 1. The summed E-state index contributed by atoms with van der Waals surface area (Å²) >= 11 is 0. The van der Waals surface area contributed by atoms with E-state index < -0.39 is 30.1 Å². The van der Waals surface area contributed by atoms with E-state index in [-0.39, 0.29) is 49.7 Å². The molecule has 1 aromatic heterocycles. The number of esters is 1. The maximum atomic E-state index is 14.3. The lowest BCUT2D eigenvalue weighted by atomic mass is 9.97. The zero-order valence-electron chi connectivity index (χ0n) is 25.5. The molecule has 0 aliphatic carbocycles. The van der Waals surface area contributed by atoms with Crippen molar-refractivity contribution < 1.29 is 36.2 Å². The molecule has 0 saturated heterocycles. The number of ether oxygens (including phenoxy) is 2. The number of carbonyl (C=O) groups is 1. The van der Waals surface area contributed by atoms with Gasteiger partial charge in [0.1, 0.15) is 5.75 Å². The Morgan fingerprint density at radius 3 is 2.26 bits per heavy atom. The number of rotatable bonds is 16. The molecule has 9 heteroatoms. The lowest BCUT2D eigenvalue weighted by molar-refractivity contribution is -0.139. The molecule has 0 amide bonds. The van der Waals surface area contributed by atoms with Crippen LogP contribution in [0.25, 0.3) is 22.2 Å². The van der Waals surface area contributed by atoms with Gasteiger partial charge < -0.3 is 14.0 Å². The average molecular weight is 608 g/mol. The minimum atomic E-state index is -4.51. The zero-order chi connectivity index (χ0) is 31.8. The predicted molar refractivity (Wildman–Crippen MR) is 161 cm³/mol. The van der Waals surface area contributed by atoms with E-state index in [0.29, 0.717) is 28.9 Å². The third kappa shape index (κ3) is 9.57. The van der Waals surface area contributed by atoms with Gasteiger partial charge in [-0.15, -0.1) is 0 Å². The highest BCUT2D eigenvalue weighted by atomic mass is 19.4. The summed E-state index contributed by atoms with van der Waals surface area (Å²) in [6.45, 7) is 10.8. The van der Waals surface area contributed by atoms with Crippen LogP contribution in [0.2, 0.25) is 0 Å². The molecule has 0 radical (unpaired) electrons. The van der Waals surface area contributed by atoms with Crippen LogP contribution in [-0.4, -0.2) is 29.7 Å². The van der Waals surface area contributed by atoms with Gasteiger partial charge in [-0.2, -0.15) is 13.2 Å². The first-order valence-corrected chi connectivity index (χ1v) is 14.9. The number of unbranched alkanes of at least 4 members (excludes halogenated alkanes) is 2. The number of benzene rings is 2. The smallest absolute Gasteiger partial charge is 0.417 e. The van der Waals surface area contributed by atoms with Gasteiger partial charge in [0, 0.05) is 47.2 Å². The van der Waals surface area contributed by atoms with E-state index in [9.17, 15) is 26.7 Å². The summed E-state index contributed by atoms with van der Waals surface area (Å²) in [5, 5.41) is 0.759. The number of hydrogen-bond acceptors (Lipinski definition) is 3. The number of hydrogen-bond donors (Lipinski definition) is 0. The molecule has 0 aliphatic heterocycles. The summed E-state index contributed by atoms with van der Waals surface area (Å²) in [4.78, 5) is 11.4. The van der Waals surface area contributed by atoms with E-state index >= 15 is 0 Å². The Morgan fingerprint density at radius 1 is 0.930 bits per heavy atom. The van der Waals surface area contributed by atoms with Crippen molar-refractivity contribution in [1.82, 2.24) is 4.57 Å². The van der Waals surface area contributed by atoms with Crippen LogP contribution < -0.4 is 4.74 Å². The van der Waals surface area contributed by atoms with Crippen LogP contribution in [-0.2, 0) is 22.1 Å². The molecule has 3 rings (SSSR count). The molecular weight excluding hydrogens is 565 g/mol. The molecule has 0 spiro atoms. The summed E-state index contributed by atoms with van der Waals surface area (Å²) in [5.74, 6) is -3.07. The summed E-state index contributed by atoms with van der Waals surface area (Å²) in [5.41, 5.74) is 1.52. The maximum absolute atomic E-state index is 14.3. The molecule has 1 heterocycles. The van der Waals surface area contributed by atoms with Crippen molar-refractivity contribution in [3.8, 4) is 17.0 Å². The number of aromatic nitrogens is 1. The molecular formula is C34H42F5NO3. The van der Waals surface area contributed by atoms with Crippen molar-refractivity contribution in [2.75, 3.05) is 13.2 Å². The maximum Gasteiger partial charge on any atom is 0.417 e. The van der Waals surface area contributed by atoms with Gasteiger partial charge in [0.25, 0.3) is 0 Å². The van der Waals surface area contributed by atoms with E-state index in [1.807, 2.05) is 18.4 Å². The Kier molecular flexibility index (Phi) is 11.8. The molecule has 0 bridgehead atoms. The largest absolute Gasteiger partial charge is 0.494 e. The molecule has 43 heavy (non-hydrogen) atoms. The fourth-order valence-electron chi connectivity index (χ4n) is 5.10. The summed E-state index contributed by atoms with van der Waals surface area (Å²) in [7, 11) is 0. The monoisotopic (exact) mass is 607 g/mol. The topological polar surface area (TPSA) is 40.5 Å². The van der Waals surface area contributed by atoms with E-state index in [1.165, 1.54) is 13.0 Å². The molecule has 0 aliphatic rings. The first-order valence-electron chi connectivity index (χ1n) is 14.9. The van der Waals surface area contributed by atoms with E-state index in [1.54, 1.807) is 36.4 Å². The number of halogens is 5. The minimum Gasteiger partial charge on any atom is -0.494 e. The molecule has 2 aromatic carbocycles. The SMILES string of the molecule is C=C(C)C(=O)OCCCC(F)(F)CCCOc1ccc2cc(-c3ccc(CCCCC)cc3C(F)(F)F)n(C(C)C)c2c1. The molecule has 0 unspecified atom stereocenters. The third-order valence-electron chi connectivity index (χ3n) is 7.29. The first kappa shape index (κ1) is 34.1. The van der Waals surface area contributed by atoms with Gasteiger partial charge in [-0.3, -0.25) is 0 Å². The van der Waals surface area contributed by atoms with Crippen LogP contribution in [0.1, 0.15) is 89.8 Å². The number of alkyl halides is 5. The van der Waals surface area contributed by atoms with Crippen LogP contribution in [0.4, 0.5) is 22.0 Å². The summed E-state index contributed by atoms with van der Waals surface area (Å²) < 4.78 is 83.8. The molecule has 4 nitrogen and oxygen atoms in total. The number of nitrogens with zero attached hydrogens (tertiary/aromatic N) is 1. The van der Waals surface area contributed by atoms with E-state index in [0.717, 1.165) is 24.6 Å². The Bertz CT molecular complexity index is 1390. The second-order valence-corrected chi connectivity index (χ2v) is 11.4. The van der Waals surface area contributed by atoms with Crippen LogP contribution in [0.3, 0.4) is 0 Å². The zero-order valence-corrected chi connectivity index (χ0v) is 25.5. The highest BCUT2D eigenvalue weighted by Gasteiger charge is 2.35. The van der Waals surface area contributed by atoms with Gasteiger partial charge in [-0.25, -0.2) is 13.6 Å². The predicted octanol–water partition coefficient (Wildman–Crippen LogP) is 10.3. The fraction of sp³-hybridized carbons (Fsp3) is 0.500. The van der Waals surface area contributed by atoms with Crippen LogP contribution in [0, 0.1) is 0 Å². The van der Waals surface area contributed by atoms with E-state index in [2.05, 4.69) is 13.5 Å². The lowest BCUT2D eigenvalue weighted by Crippen LogP contribution is -2.18. The van der Waals surface area contributed by atoms with Crippen LogP contribution in [0.5, 0.6) is 5.75 Å². The Labute approximate surface area is 250 Å². The highest BCUT2D eigenvalue weighted by Crippen LogP contribution is 2.41. The molecule has 3 aromatic rings. The number of carbonyl (C=O) groups excluding carboxylic acids is 1. The first-order chi connectivity index (χ1) is 20.2. The van der Waals surface area contributed by atoms with Gasteiger partial charge in [0.15, 0.2) is 0 Å². The minimum absolute atomic E-state index is 0.0374. The average Bonchev–Trinajstić information content (AvgIpc) is 3.32. The van der Waals surface area contributed by atoms with Crippen molar-refractivity contribution in [2.45, 2.75) is 97.2 Å². The van der Waals surface area contributed by atoms with Crippen molar-refractivity contribution in [2.24, 2.45) is 0 Å². The van der Waals surface area contributed by atoms with Crippen molar-refractivity contribution in [1.29, 1.82) is 0 Å². The van der Waals surface area contributed by atoms with Gasteiger partial charge in [-0.1, -0.05) is 38.5 Å². The second kappa shape index (κ2) is 14.9. The van der Waals surface area contributed by atoms with E-state index in [4.69, 9.17) is 9.47 Å². The van der Waals surface area contributed by atoms with Gasteiger partial charge >= 0.3 is 12.1 Å². The van der Waals surface area contributed by atoms with Crippen molar-refractivity contribution in [3.05, 3.63) is 65.7 Å². The molecule has 236 valence electrons. The van der Waals surface area contributed by atoms with Gasteiger partial charge in [0.2, 0.25) is 5.92 Å². The Morgan fingerprint density at radius 2 is 1.63 bits per heavy atom. The Balaban J connectivity index is 1.73. The summed E-state index contributed by atoms with van der Waals surface area (Å²) in [6.07, 6.45) is -1.77. The number of fused-ring (bicyclic) bond motifs is 1. The molecule has 0 N–H and O–H groups in total. The fourth-order valence-corrected chi connectivity index (χ4v) is 5.10. The molecule has 0 saturated carbocycles. The second-order valence-electron chi connectivity index (χ2n) is 11.4. The third-order valence-corrected chi connectivity index (χ3v) is 7.29. The molecule has 0 fully saturated rings. The molecule has 0 atom stereocenters. The quantitative estimate of drug-likeness (QED) is 0.0704. The van der Waals surface area contributed by atoms with Crippen molar-refractivity contribution >= 4 is 16.9 Å². The van der Waals surface area contributed by atoms with Gasteiger partial charge in [-0.05, 0) is 76.3 Å². The summed E-state index contributed by atoms with van der Waals surface area (Å²) in [6, 6.07) is 11.5. The highest BCUT2D eigenvalue weighted by molar-refractivity contribution is 5.89. The Hall–Kier alpha value is -3.36. The van der Waals surface area contributed by atoms with Crippen molar-refractivity contribution in [3.63, 3.8) is 0 Å². The normalized spacial score (nSPS) is 12.2.